The largest absolute Gasteiger partial charge is 0.481 e. The number of nitrogens with two attached hydrogens (primary N) is 1. The van der Waals surface area contributed by atoms with Gasteiger partial charge >= 0.3 is 5.97 Å². The Bertz CT molecular complexity index is 1420. The second-order valence-electron chi connectivity index (χ2n) is 9.40. The first-order valence-corrected chi connectivity index (χ1v) is 14.4. The molecule has 4 amide bonds. The fraction of sp³-hybridized carbons (Fsp3) is 0.400. The number of carbonyl (C=O) groups excluding carboxylic acids is 4. The molecule has 1 aliphatic rings. The highest BCUT2D eigenvalue weighted by Crippen LogP contribution is 2.22. The lowest BCUT2D eigenvalue weighted by atomic mass is 9.95. The average molecular weight is 588 g/mol. The quantitative estimate of drug-likeness (QED) is 0.211. The Balaban J connectivity index is 1.50. The van der Waals surface area contributed by atoms with Crippen LogP contribution in [0.4, 0.5) is 0 Å². The number of rotatable bonds is 11. The van der Waals surface area contributed by atoms with Gasteiger partial charge in [-0.05, 0) is 42.9 Å². The molecule has 0 bridgehead atoms. The molecule has 0 unspecified atom stereocenters. The van der Waals surface area contributed by atoms with E-state index in [1.165, 1.54) is 4.90 Å². The molecule has 0 saturated carbocycles. The molecule has 0 radical (unpaired) electrons. The van der Waals surface area contributed by atoms with Gasteiger partial charge in [-0.15, -0.1) is 16.9 Å². The molecule has 1 saturated heterocycles. The zero-order valence-electron chi connectivity index (χ0n) is 21.6. The van der Waals surface area contributed by atoms with Crippen LogP contribution in [0.5, 0.6) is 0 Å². The fourth-order valence-electron chi connectivity index (χ4n) is 4.65. The lowest BCUT2D eigenvalue weighted by Crippen LogP contribution is -2.60. The van der Waals surface area contributed by atoms with Gasteiger partial charge in [-0.1, -0.05) is 22.7 Å². The number of hydrogen-bond donors (Lipinski definition) is 5. The number of likely N-dealkylation sites (tertiary alicyclic amines) is 1. The number of thioether (sulfide) groups is 1. The van der Waals surface area contributed by atoms with Crippen molar-refractivity contribution >= 4 is 63.8 Å². The number of aliphatic carboxylic acids is 1. The van der Waals surface area contributed by atoms with E-state index >= 15 is 0 Å². The van der Waals surface area contributed by atoms with Crippen molar-refractivity contribution in [1.82, 2.24) is 30.1 Å². The molecule has 40 heavy (non-hydrogen) atoms. The zero-order chi connectivity index (χ0) is 28.8. The van der Waals surface area contributed by atoms with Crippen molar-refractivity contribution in [3.8, 4) is 0 Å². The first-order valence-electron chi connectivity index (χ1n) is 12.5. The number of piperidine rings is 1. The predicted molar refractivity (Wildman–Crippen MR) is 149 cm³/mol. The van der Waals surface area contributed by atoms with E-state index in [4.69, 9.17) is 10.8 Å². The van der Waals surface area contributed by atoms with Crippen LogP contribution in [0, 0.1) is 6.92 Å². The second-order valence-corrected chi connectivity index (χ2v) is 11.1. The Hall–Kier alpha value is -3.98. The number of aromatic nitrogens is 3. The van der Waals surface area contributed by atoms with Gasteiger partial charge in [0.05, 0.1) is 17.2 Å². The fourth-order valence-corrected chi connectivity index (χ4v) is 5.83. The Morgan fingerprint density at radius 3 is 2.73 bits per heavy atom. The van der Waals surface area contributed by atoms with Crippen LogP contribution in [0.3, 0.4) is 0 Å². The molecule has 212 valence electrons. The molecule has 3 atom stereocenters. The molecule has 15 heteroatoms. The van der Waals surface area contributed by atoms with Crippen molar-refractivity contribution in [2.45, 2.75) is 44.3 Å². The van der Waals surface area contributed by atoms with Crippen LogP contribution >= 0.6 is 23.3 Å². The number of carboxylic acid groups (broad SMARTS) is 1. The van der Waals surface area contributed by atoms with Gasteiger partial charge in [-0.2, -0.15) is 0 Å². The maximum absolute atomic E-state index is 13.6. The smallest absolute Gasteiger partial charge is 0.313 e. The number of fused-ring (bicyclic) bond motifs is 1. The summed E-state index contributed by atoms with van der Waals surface area (Å²) in [6.07, 6.45) is 2.37. The maximum Gasteiger partial charge on any atom is 0.313 e. The highest BCUT2D eigenvalue weighted by molar-refractivity contribution is 8.00. The van der Waals surface area contributed by atoms with Crippen LogP contribution < -0.4 is 16.4 Å². The van der Waals surface area contributed by atoms with Gasteiger partial charge < -0.3 is 31.4 Å². The van der Waals surface area contributed by atoms with Gasteiger partial charge in [0.1, 0.15) is 17.0 Å². The van der Waals surface area contributed by atoms with Crippen molar-refractivity contribution in [2.24, 2.45) is 5.73 Å². The summed E-state index contributed by atoms with van der Waals surface area (Å²) in [5, 5.41) is 19.3. The number of amides is 4. The van der Waals surface area contributed by atoms with Crippen molar-refractivity contribution in [3.63, 3.8) is 0 Å². The Kier molecular flexibility index (Phi) is 9.37. The van der Waals surface area contributed by atoms with Crippen molar-refractivity contribution in [1.29, 1.82) is 0 Å². The van der Waals surface area contributed by atoms with E-state index in [2.05, 4.69) is 25.2 Å². The number of para-hydroxylation sites is 1. The molecule has 1 aromatic carbocycles. The number of carboxylic acids is 1. The molecule has 3 aromatic rings. The van der Waals surface area contributed by atoms with Crippen LogP contribution in [0.2, 0.25) is 0 Å². The second kappa shape index (κ2) is 12.9. The minimum Gasteiger partial charge on any atom is -0.481 e. The molecule has 2 aromatic heterocycles. The summed E-state index contributed by atoms with van der Waals surface area (Å²) >= 11 is 1.89. The summed E-state index contributed by atoms with van der Waals surface area (Å²) in [6, 6.07) is 5.02. The van der Waals surface area contributed by atoms with Gasteiger partial charge in [0.15, 0.2) is 0 Å². The van der Waals surface area contributed by atoms with Gasteiger partial charge in [0, 0.05) is 36.1 Å². The lowest BCUT2D eigenvalue weighted by molar-refractivity contribution is -0.141. The molecule has 3 heterocycles. The molecule has 6 N–H and O–H groups in total. The standard InChI is InChI=1S/C25H29N7O6S2/c1-13-22(40-31-30-13)25(38)28-15-6-7-32(20(33)11-39-12-21(34)35)19(9-15)24(37)29-18(23(26)36)8-14-10-27-17-5-3-2-4-16(14)17/h2-5,10,15,18-19,27H,6-9,11-12H2,1H3,(H2,26,36)(H,28,38)(H,29,37)(H,34,35)/t15-,18+,19-/m0/s1. The minimum atomic E-state index is -1.05. The molecule has 13 nitrogen and oxygen atoms in total. The Morgan fingerprint density at radius 2 is 2.02 bits per heavy atom. The van der Waals surface area contributed by atoms with E-state index in [1.54, 1.807) is 13.1 Å². The van der Waals surface area contributed by atoms with E-state index in [0.717, 1.165) is 39.8 Å². The molecular weight excluding hydrogens is 558 g/mol. The number of nitrogens with one attached hydrogen (secondary N) is 3. The van der Waals surface area contributed by atoms with Crippen molar-refractivity contribution < 1.29 is 29.1 Å². The number of primary amides is 1. The summed E-state index contributed by atoms with van der Waals surface area (Å²) in [4.78, 5) is 67.4. The van der Waals surface area contributed by atoms with E-state index in [1.807, 2.05) is 24.3 Å². The van der Waals surface area contributed by atoms with Gasteiger partial charge in [0.25, 0.3) is 5.91 Å². The van der Waals surface area contributed by atoms with Crippen molar-refractivity contribution in [3.05, 3.63) is 46.6 Å². The highest BCUT2D eigenvalue weighted by Gasteiger charge is 2.38. The summed E-state index contributed by atoms with van der Waals surface area (Å²) in [5.74, 6) is -3.55. The highest BCUT2D eigenvalue weighted by atomic mass is 32.2. The van der Waals surface area contributed by atoms with Gasteiger partial charge in [-0.3, -0.25) is 24.0 Å². The van der Waals surface area contributed by atoms with Crippen LogP contribution in [0.15, 0.2) is 30.5 Å². The van der Waals surface area contributed by atoms with Crippen LogP contribution in [-0.2, 0) is 25.6 Å². The lowest BCUT2D eigenvalue weighted by Gasteiger charge is -2.39. The predicted octanol–water partition coefficient (Wildman–Crippen LogP) is 0.448. The van der Waals surface area contributed by atoms with E-state index < -0.39 is 41.8 Å². The van der Waals surface area contributed by atoms with Crippen LogP contribution in [0.1, 0.15) is 33.8 Å². The monoisotopic (exact) mass is 587 g/mol. The van der Waals surface area contributed by atoms with E-state index in [0.29, 0.717) is 17.0 Å². The van der Waals surface area contributed by atoms with E-state index in [9.17, 15) is 24.0 Å². The SMILES string of the molecule is Cc1nnsc1C(=O)N[C@H]1CCN(C(=O)CSCC(=O)O)[C@H](C(=O)N[C@H](Cc2c[nH]c3ccccc23)C(N)=O)C1. The topological polar surface area (TPSA) is 200 Å². The molecule has 1 fully saturated rings. The van der Waals surface area contributed by atoms with Crippen LogP contribution in [0.25, 0.3) is 10.9 Å². The summed E-state index contributed by atoms with van der Waals surface area (Å²) < 4.78 is 3.78. The van der Waals surface area contributed by atoms with E-state index in [-0.39, 0.29) is 36.8 Å². The third-order valence-corrected chi connectivity index (χ3v) is 8.36. The maximum atomic E-state index is 13.6. The summed E-state index contributed by atoms with van der Waals surface area (Å²) in [7, 11) is 0. The first kappa shape index (κ1) is 29.0. The van der Waals surface area contributed by atoms with Gasteiger partial charge in [0.2, 0.25) is 17.7 Å². The van der Waals surface area contributed by atoms with Gasteiger partial charge in [-0.25, -0.2) is 0 Å². The first-order chi connectivity index (χ1) is 19.1. The number of aromatic amines is 1. The molecule has 0 spiro atoms. The third-order valence-electron chi connectivity index (χ3n) is 6.63. The number of nitrogens with zero attached hydrogens (tertiary/aromatic N) is 3. The number of hydrogen-bond acceptors (Lipinski definition) is 9. The molecule has 1 aliphatic heterocycles. The average Bonchev–Trinajstić information content (AvgIpc) is 3.54. The van der Waals surface area contributed by atoms with Crippen molar-refractivity contribution in [2.75, 3.05) is 18.1 Å². The Morgan fingerprint density at radius 1 is 1.25 bits per heavy atom. The normalized spacial score (nSPS) is 17.8. The number of carbonyl (C=O) groups is 5. The molecular formula is C25H29N7O6S2. The number of H-pyrrole nitrogens is 1. The molecule has 0 aliphatic carbocycles. The Labute approximate surface area is 237 Å². The van der Waals surface area contributed by atoms with Crippen LogP contribution in [-0.4, -0.2) is 90.4 Å². The summed E-state index contributed by atoms with van der Waals surface area (Å²) in [5.41, 5.74) is 7.81. The minimum absolute atomic E-state index is 0.0940. The molecule has 4 rings (SSSR count). The summed E-state index contributed by atoms with van der Waals surface area (Å²) in [6.45, 7) is 1.82. The number of benzene rings is 1. The zero-order valence-corrected chi connectivity index (χ0v) is 23.2. The number of aryl methyl sites for hydroxylation is 1. The third kappa shape index (κ3) is 6.96.